The molecule has 0 spiro atoms. The first kappa shape index (κ1) is 11.2. The maximum Gasteiger partial charge on any atom is -0.0169 e. The van der Waals surface area contributed by atoms with Gasteiger partial charge in [0.2, 0.25) is 0 Å². The van der Waals surface area contributed by atoms with Crippen molar-refractivity contribution in [2.24, 2.45) is 0 Å². The molecule has 0 aliphatic heterocycles. The van der Waals surface area contributed by atoms with Gasteiger partial charge in [0.15, 0.2) is 0 Å². The topological polar surface area (TPSA) is 0 Å². The van der Waals surface area contributed by atoms with Gasteiger partial charge in [0.25, 0.3) is 0 Å². The van der Waals surface area contributed by atoms with Gasteiger partial charge in [-0.1, -0.05) is 50.3 Å². The highest BCUT2D eigenvalue weighted by atomic mass is 13.8. The molecular weight excluding hydrogens is 144 g/mol. The number of allylic oxidation sites excluding steroid dienone is 5. The highest BCUT2D eigenvalue weighted by molar-refractivity contribution is 4.93. The van der Waals surface area contributed by atoms with Crippen LogP contribution in [-0.4, -0.2) is 0 Å². The summed E-state index contributed by atoms with van der Waals surface area (Å²) < 4.78 is 0. The second-order valence-electron chi connectivity index (χ2n) is 2.78. The predicted molar refractivity (Wildman–Crippen MR) is 55.9 cm³/mol. The van der Waals surface area contributed by atoms with Gasteiger partial charge in [0.05, 0.1) is 0 Å². The van der Waals surface area contributed by atoms with Crippen LogP contribution in [0.15, 0.2) is 30.4 Å². The second kappa shape index (κ2) is 10.2. The normalized spacial score (nSPS) is 11.4. The van der Waals surface area contributed by atoms with E-state index in [9.17, 15) is 0 Å². The SMILES string of the molecule is [CH]=CCCC=CCC=CCCC. The smallest absolute Gasteiger partial charge is 0.0169 e. The highest BCUT2D eigenvalue weighted by Crippen LogP contribution is 1.95. The molecule has 0 heteroatoms. The molecule has 0 bridgehead atoms. The molecule has 0 aromatic carbocycles. The first-order valence-electron chi connectivity index (χ1n) is 4.75. The fourth-order valence-electron chi connectivity index (χ4n) is 0.866. The lowest BCUT2D eigenvalue weighted by molar-refractivity contribution is 0.954. The molecule has 1 radical (unpaired) electrons. The first-order chi connectivity index (χ1) is 5.91. The fourth-order valence-corrected chi connectivity index (χ4v) is 0.866. The lowest BCUT2D eigenvalue weighted by atomic mass is 10.2. The molecule has 0 aliphatic rings. The van der Waals surface area contributed by atoms with Crippen LogP contribution >= 0.6 is 0 Å². The van der Waals surface area contributed by atoms with E-state index in [0.717, 1.165) is 19.3 Å². The molecule has 12 heavy (non-hydrogen) atoms. The average molecular weight is 163 g/mol. The Morgan fingerprint density at radius 2 is 1.58 bits per heavy atom. The van der Waals surface area contributed by atoms with Crippen molar-refractivity contribution in [2.75, 3.05) is 0 Å². The second-order valence-corrected chi connectivity index (χ2v) is 2.78. The van der Waals surface area contributed by atoms with Crippen molar-refractivity contribution in [3.8, 4) is 0 Å². The quantitative estimate of drug-likeness (QED) is 0.392. The Morgan fingerprint density at radius 3 is 2.17 bits per heavy atom. The summed E-state index contributed by atoms with van der Waals surface area (Å²) in [5.74, 6) is 0. The van der Waals surface area contributed by atoms with Gasteiger partial charge in [0.1, 0.15) is 0 Å². The van der Waals surface area contributed by atoms with E-state index >= 15 is 0 Å². The molecule has 0 rings (SSSR count). The summed E-state index contributed by atoms with van der Waals surface area (Å²) >= 11 is 0. The van der Waals surface area contributed by atoms with Crippen LogP contribution in [0.3, 0.4) is 0 Å². The summed E-state index contributed by atoms with van der Waals surface area (Å²) in [6.07, 6.45) is 16.1. The van der Waals surface area contributed by atoms with E-state index in [1.807, 2.05) is 0 Å². The van der Waals surface area contributed by atoms with Crippen LogP contribution < -0.4 is 0 Å². The van der Waals surface area contributed by atoms with Crippen LogP contribution in [0.5, 0.6) is 0 Å². The van der Waals surface area contributed by atoms with Crippen molar-refractivity contribution >= 4 is 0 Å². The Kier molecular flexibility index (Phi) is 9.56. The summed E-state index contributed by atoms with van der Waals surface area (Å²) in [5, 5.41) is 0. The molecule has 0 fully saturated rings. The van der Waals surface area contributed by atoms with Crippen LogP contribution in [-0.2, 0) is 0 Å². The molecular formula is C12H19. The lowest BCUT2D eigenvalue weighted by Crippen LogP contribution is -1.64. The molecule has 0 aromatic rings. The van der Waals surface area contributed by atoms with E-state index in [4.69, 9.17) is 6.58 Å². The maximum absolute atomic E-state index is 5.24. The Morgan fingerprint density at radius 1 is 0.917 bits per heavy atom. The van der Waals surface area contributed by atoms with E-state index < -0.39 is 0 Å². The van der Waals surface area contributed by atoms with Crippen LogP contribution in [0.2, 0.25) is 0 Å². The van der Waals surface area contributed by atoms with Gasteiger partial charge in [0, 0.05) is 0 Å². The van der Waals surface area contributed by atoms with Gasteiger partial charge in [-0.25, -0.2) is 0 Å². The minimum absolute atomic E-state index is 0.981. The van der Waals surface area contributed by atoms with Gasteiger partial charge in [-0.05, 0) is 25.7 Å². The maximum atomic E-state index is 5.24. The number of hydrogen-bond donors (Lipinski definition) is 0. The van der Waals surface area contributed by atoms with Crippen LogP contribution in [0.4, 0.5) is 0 Å². The van der Waals surface area contributed by atoms with E-state index in [1.165, 1.54) is 12.8 Å². The summed E-state index contributed by atoms with van der Waals surface area (Å²) in [7, 11) is 0. The molecule has 0 aliphatic carbocycles. The Labute approximate surface area is 76.7 Å². The molecule has 0 unspecified atom stereocenters. The third-order valence-electron chi connectivity index (χ3n) is 1.56. The van der Waals surface area contributed by atoms with Gasteiger partial charge in [-0.2, -0.15) is 0 Å². The average Bonchev–Trinajstić information content (AvgIpc) is 2.10. The minimum Gasteiger partial charge on any atom is -0.0882 e. The third-order valence-corrected chi connectivity index (χ3v) is 1.56. The van der Waals surface area contributed by atoms with Crippen molar-refractivity contribution in [1.82, 2.24) is 0 Å². The van der Waals surface area contributed by atoms with Gasteiger partial charge >= 0.3 is 0 Å². The largest absolute Gasteiger partial charge is 0.0882 e. The Hall–Kier alpha value is -0.780. The van der Waals surface area contributed by atoms with Crippen LogP contribution in [0.1, 0.15) is 39.0 Å². The van der Waals surface area contributed by atoms with E-state index in [2.05, 4.69) is 31.2 Å². The van der Waals surface area contributed by atoms with Crippen LogP contribution in [0.25, 0.3) is 0 Å². The fraction of sp³-hybridized carbons (Fsp3) is 0.500. The zero-order chi connectivity index (χ0) is 9.07. The van der Waals surface area contributed by atoms with E-state index in [1.54, 1.807) is 6.08 Å². The van der Waals surface area contributed by atoms with Crippen molar-refractivity contribution in [3.63, 3.8) is 0 Å². The van der Waals surface area contributed by atoms with Crippen molar-refractivity contribution < 1.29 is 0 Å². The number of unbranched alkanes of at least 4 members (excludes halogenated alkanes) is 2. The number of hydrogen-bond acceptors (Lipinski definition) is 0. The van der Waals surface area contributed by atoms with Crippen LogP contribution in [0, 0.1) is 6.58 Å². The molecule has 0 aromatic heterocycles. The van der Waals surface area contributed by atoms with Gasteiger partial charge in [-0.15, -0.1) is 0 Å². The van der Waals surface area contributed by atoms with Crippen molar-refractivity contribution in [1.29, 1.82) is 0 Å². The lowest BCUT2D eigenvalue weighted by Gasteiger charge is -1.85. The third kappa shape index (κ3) is 9.22. The molecule has 0 nitrogen and oxygen atoms in total. The molecule has 0 saturated heterocycles. The van der Waals surface area contributed by atoms with E-state index in [0.29, 0.717) is 0 Å². The Balaban J connectivity index is 3.17. The van der Waals surface area contributed by atoms with E-state index in [-0.39, 0.29) is 0 Å². The van der Waals surface area contributed by atoms with Crippen molar-refractivity contribution in [3.05, 3.63) is 37.0 Å². The number of rotatable bonds is 7. The molecule has 0 N–H and O–H groups in total. The summed E-state index contributed by atoms with van der Waals surface area (Å²) in [5.41, 5.74) is 0. The van der Waals surface area contributed by atoms with Gasteiger partial charge in [-0.3, -0.25) is 0 Å². The van der Waals surface area contributed by atoms with Crippen molar-refractivity contribution in [2.45, 2.75) is 39.0 Å². The zero-order valence-electron chi connectivity index (χ0n) is 8.00. The zero-order valence-corrected chi connectivity index (χ0v) is 8.00. The first-order valence-corrected chi connectivity index (χ1v) is 4.75. The standard InChI is InChI=1S/C12H19/c1-3-5-7-9-11-12-10-8-6-4-2/h1,3,8-11H,4-7,12H2,2H3. The molecule has 0 saturated carbocycles. The highest BCUT2D eigenvalue weighted by Gasteiger charge is 1.75. The van der Waals surface area contributed by atoms with Gasteiger partial charge < -0.3 is 0 Å². The monoisotopic (exact) mass is 163 g/mol. The summed E-state index contributed by atoms with van der Waals surface area (Å²) in [4.78, 5) is 0. The molecule has 0 amide bonds. The minimum atomic E-state index is 0.981. The summed E-state index contributed by atoms with van der Waals surface area (Å²) in [6, 6.07) is 0. The Bertz CT molecular complexity index is 140. The predicted octanol–water partition coefficient (Wildman–Crippen LogP) is 4.06. The molecule has 0 atom stereocenters. The molecule has 67 valence electrons. The summed E-state index contributed by atoms with van der Waals surface area (Å²) in [6.45, 7) is 7.43. The molecule has 0 heterocycles.